The van der Waals surface area contributed by atoms with Crippen LogP contribution in [0.4, 0.5) is 0 Å². The number of carbonyl (C=O) groups excluding carboxylic acids is 1. The minimum Gasteiger partial charge on any atom is -0.544 e. The van der Waals surface area contributed by atoms with Gasteiger partial charge in [-0.1, -0.05) is 44.5 Å². The van der Waals surface area contributed by atoms with E-state index in [1.54, 1.807) is 0 Å². The molecule has 1 unspecified atom stereocenters. The second kappa shape index (κ2) is 7.60. The van der Waals surface area contributed by atoms with Gasteiger partial charge in [-0.15, -0.1) is 0 Å². The molecule has 1 aromatic rings. The van der Waals surface area contributed by atoms with Crippen LogP contribution in [0.3, 0.4) is 0 Å². The summed E-state index contributed by atoms with van der Waals surface area (Å²) in [7, 11) is 0. The highest BCUT2D eigenvalue weighted by atomic mass is 16.4. The van der Waals surface area contributed by atoms with Crippen LogP contribution in [0.5, 0.6) is 0 Å². The van der Waals surface area contributed by atoms with Gasteiger partial charge in [0.1, 0.15) is 13.1 Å². The van der Waals surface area contributed by atoms with Gasteiger partial charge >= 0.3 is 0 Å². The van der Waals surface area contributed by atoms with Gasteiger partial charge in [0.2, 0.25) is 0 Å². The lowest BCUT2D eigenvalue weighted by Crippen LogP contribution is -3.15. The van der Waals surface area contributed by atoms with Gasteiger partial charge < -0.3 is 14.8 Å². The van der Waals surface area contributed by atoms with Crippen molar-refractivity contribution in [3.8, 4) is 0 Å². The number of benzene rings is 1. The van der Waals surface area contributed by atoms with Crippen molar-refractivity contribution in [3.63, 3.8) is 0 Å². The molecule has 3 heteroatoms. The summed E-state index contributed by atoms with van der Waals surface area (Å²) in [5, 5.41) is 11.1. The molecule has 0 heterocycles. The van der Waals surface area contributed by atoms with Gasteiger partial charge in [-0.05, 0) is 37.2 Å². The van der Waals surface area contributed by atoms with Crippen molar-refractivity contribution in [1.82, 2.24) is 0 Å². The van der Waals surface area contributed by atoms with Crippen LogP contribution < -0.4 is 10.0 Å². The number of carboxylic acid groups (broad SMARTS) is 1. The molecule has 0 aromatic heterocycles. The molecule has 1 N–H and O–H groups in total. The lowest BCUT2D eigenvalue weighted by Gasteiger charge is -2.31. The van der Waals surface area contributed by atoms with Crippen molar-refractivity contribution < 1.29 is 14.8 Å². The fraction of sp³-hybridized carbons (Fsp3) is 0.611. The van der Waals surface area contributed by atoms with Gasteiger partial charge in [-0.3, -0.25) is 0 Å². The Labute approximate surface area is 128 Å². The van der Waals surface area contributed by atoms with E-state index in [2.05, 4.69) is 38.1 Å². The number of rotatable bonds is 6. The highest BCUT2D eigenvalue weighted by Crippen LogP contribution is 2.17. The Bertz CT molecular complexity index is 447. The van der Waals surface area contributed by atoms with Crippen molar-refractivity contribution in [2.75, 3.05) is 6.54 Å². The monoisotopic (exact) mass is 289 g/mol. The molecule has 0 radical (unpaired) electrons. The Kier molecular flexibility index (Phi) is 5.80. The molecule has 2 rings (SSSR count). The zero-order chi connectivity index (χ0) is 15.2. The molecule has 0 amide bonds. The molecule has 1 aliphatic carbocycles. The van der Waals surface area contributed by atoms with E-state index in [4.69, 9.17) is 0 Å². The molecule has 0 saturated heterocycles. The van der Waals surface area contributed by atoms with Gasteiger partial charge in [-0.2, -0.15) is 0 Å². The first-order chi connectivity index (χ1) is 10.1. The summed E-state index contributed by atoms with van der Waals surface area (Å²) < 4.78 is 0. The van der Waals surface area contributed by atoms with Crippen LogP contribution in [0.1, 0.15) is 63.0 Å². The third-order valence-corrected chi connectivity index (χ3v) is 4.63. The number of aliphatic carboxylic acids is 1. The number of carbonyl (C=O) groups is 1. The first-order valence-corrected chi connectivity index (χ1v) is 8.19. The van der Waals surface area contributed by atoms with E-state index in [0.29, 0.717) is 12.0 Å². The fourth-order valence-corrected chi connectivity index (χ4v) is 3.33. The highest BCUT2D eigenvalue weighted by Gasteiger charge is 2.24. The molecule has 0 bridgehead atoms. The van der Waals surface area contributed by atoms with Gasteiger partial charge in [0.15, 0.2) is 0 Å². The molecular weight excluding hydrogens is 262 g/mol. The molecule has 1 fully saturated rings. The summed E-state index contributed by atoms with van der Waals surface area (Å²) >= 11 is 0. The molecule has 1 aromatic carbocycles. The summed E-state index contributed by atoms with van der Waals surface area (Å²) in [4.78, 5) is 12.2. The molecule has 1 saturated carbocycles. The average Bonchev–Trinajstić information content (AvgIpc) is 2.47. The second-order valence-electron chi connectivity index (χ2n) is 6.62. The van der Waals surface area contributed by atoms with Crippen molar-refractivity contribution in [3.05, 3.63) is 35.4 Å². The minimum atomic E-state index is -0.936. The average molecular weight is 289 g/mol. The van der Waals surface area contributed by atoms with Crippen molar-refractivity contribution in [2.45, 2.75) is 64.5 Å². The lowest BCUT2D eigenvalue weighted by atomic mass is 9.93. The number of nitrogens with one attached hydrogen (secondary N) is 1. The normalized spacial score (nSPS) is 17.9. The van der Waals surface area contributed by atoms with E-state index in [1.165, 1.54) is 30.4 Å². The summed E-state index contributed by atoms with van der Waals surface area (Å²) in [5.41, 5.74) is 2.55. The molecule has 3 nitrogen and oxygen atoms in total. The van der Waals surface area contributed by atoms with Crippen LogP contribution in [0.15, 0.2) is 24.3 Å². The zero-order valence-electron chi connectivity index (χ0n) is 13.2. The summed E-state index contributed by atoms with van der Waals surface area (Å²) in [6.07, 6.45) is 6.04. The lowest BCUT2D eigenvalue weighted by molar-refractivity contribution is -0.934. The third kappa shape index (κ3) is 4.85. The van der Waals surface area contributed by atoms with E-state index in [1.807, 2.05) is 0 Å². The first-order valence-electron chi connectivity index (χ1n) is 8.19. The Morgan fingerprint density at radius 1 is 1.19 bits per heavy atom. The predicted octanol–water partition coefficient (Wildman–Crippen LogP) is 1.28. The zero-order valence-corrected chi connectivity index (χ0v) is 13.2. The molecule has 0 aliphatic heterocycles. The maximum atomic E-state index is 11.1. The van der Waals surface area contributed by atoms with Gasteiger partial charge in [-0.25, -0.2) is 0 Å². The van der Waals surface area contributed by atoms with Crippen LogP contribution in [0.2, 0.25) is 0 Å². The first kappa shape index (κ1) is 16.0. The smallest absolute Gasteiger partial charge is 0.118 e. The van der Waals surface area contributed by atoms with Crippen LogP contribution >= 0.6 is 0 Å². The standard InChI is InChI=1S/C18H27NO2/c1-14(2)16-10-8-15(9-11-16)12-19(13-18(20)21)17-6-4-3-5-7-17/h8-11,14,17H,3-7,12-13H2,1-2H3,(H,20,21). The van der Waals surface area contributed by atoms with Crippen molar-refractivity contribution >= 4 is 5.97 Å². The molecule has 0 spiro atoms. The summed E-state index contributed by atoms with van der Waals surface area (Å²) in [6.45, 7) is 5.28. The number of carboxylic acids is 1. The second-order valence-corrected chi connectivity index (χ2v) is 6.62. The van der Waals surface area contributed by atoms with Crippen LogP contribution in [0, 0.1) is 0 Å². The number of hydrogen-bond donors (Lipinski definition) is 1. The van der Waals surface area contributed by atoms with E-state index < -0.39 is 5.97 Å². The number of quaternary nitrogens is 1. The Hall–Kier alpha value is -1.35. The maximum Gasteiger partial charge on any atom is 0.118 e. The molecule has 21 heavy (non-hydrogen) atoms. The van der Waals surface area contributed by atoms with Gasteiger partial charge in [0.25, 0.3) is 0 Å². The number of hydrogen-bond acceptors (Lipinski definition) is 2. The summed E-state index contributed by atoms with van der Waals surface area (Å²) in [6, 6.07) is 9.09. The molecule has 1 aliphatic rings. The van der Waals surface area contributed by atoms with Crippen LogP contribution in [-0.4, -0.2) is 18.6 Å². The Morgan fingerprint density at radius 2 is 1.81 bits per heavy atom. The summed E-state index contributed by atoms with van der Waals surface area (Å²) in [5.74, 6) is -0.404. The topological polar surface area (TPSA) is 44.6 Å². The fourth-order valence-electron chi connectivity index (χ4n) is 3.33. The highest BCUT2D eigenvalue weighted by molar-refractivity contribution is 5.65. The molecule has 116 valence electrons. The quantitative estimate of drug-likeness (QED) is 0.857. The van der Waals surface area contributed by atoms with E-state index in [9.17, 15) is 9.90 Å². The Balaban J connectivity index is 2.04. The molecule has 1 atom stereocenters. The Morgan fingerprint density at radius 3 is 2.33 bits per heavy atom. The van der Waals surface area contributed by atoms with Gasteiger partial charge in [0, 0.05) is 5.56 Å². The van der Waals surface area contributed by atoms with E-state index in [-0.39, 0.29) is 6.54 Å². The van der Waals surface area contributed by atoms with Crippen molar-refractivity contribution in [1.29, 1.82) is 0 Å². The third-order valence-electron chi connectivity index (χ3n) is 4.63. The maximum absolute atomic E-state index is 11.1. The van der Waals surface area contributed by atoms with Crippen LogP contribution in [0.25, 0.3) is 0 Å². The molecular formula is C18H27NO2. The predicted molar refractivity (Wildman–Crippen MR) is 81.9 cm³/mol. The SMILES string of the molecule is CC(C)c1ccc(C[NH+](CC(=O)[O-])C2CCCCC2)cc1. The van der Waals surface area contributed by atoms with E-state index >= 15 is 0 Å². The van der Waals surface area contributed by atoms with Crippen LogP contribution in [-0.2, 0) is 11.3 Å². The largest absolute Gasteiger partial charge is 0.544 e. The van der Waals surface area contributed by atoms with Gasteiger partial charge in [0.05, 0.1) is 12.0 Å². The van der Waals surface area contributed by atoms with E-state index in [0.717, 1.165) is 24.3 Å². The van der Waals surface area contributed by atoms with Crippen molar-refractivity contribution in [2.24, 2.45) is 0 Å². The minimum absolute atomic E-state index is 0.122.